The zero-order chi connectivity index (χ0) is 10.6. The Morgan fingerprint density at radius 2 is 1.93 bits per heavy atom. The highest BCUT2D eigenvalue weighted by molar-refractivity contribution is 5.97. The Balaban J connectivity index is 2.84. The summed E-state index contributed by atoms with van der Waals surface area (Å²) in [6.07, 6.45) is 5.23. The van der Waals surface area contributed by atoms with Crippen molar-refractivity contribution in [2.75, 3.05) is 19.0 Å². The fourth-order valence-corrected chi connectivity index (χ4v) is 1.14. The van der Waals surface area contributed by atoms with Crippen LogP contribution >= 0.6 is 0 Å². The molecule has 0 spiro atoms. The first-order chi connectivity index (χ1) is 6.65. The number of carbonyl (C=O) groups excluding carboxylic acids is 1. The second-order valence-electron chi connectivity index (χ2n) is 3.25. The van der Waals surface area contributed by atoms with E-state index in [-0.39, 0.29) is 12.2 Å². The van der Waals surface area contributed by atoms with Gasteiger partial charge in [-0.05, 0) is 24.3 Å². The number of ketones is 1. The topological polar surface area (TPSA) is 20.3 Å². The van der Waals surface area contributed by atoms with Gasteiger partial charge in [0.25, 0.3) is 0 Å². The third kappa shape index (κ3) is 2.37. The van der Waals surface area contributed by atoms with Gasteiger partial charge in [0.2, 0.25) is 0 Å². The highest BCUT2D eigenvalue weighted by Gasteiger charge is 2.03. The first-order valence-corrected chi connectivity index (χ1v) is 4.39. The number of carbonyl (C=O) groups is 1. The van der Waals surface area contributed by atoms with Crippen molar-refractivity contribution in [2.45, 2.75) is 6.42 Å². The van der Waals surface area contributed by atoms with Crippen LogP contribution in [-0.4, -0.2) is 19.9 Å². The Kier molecular flexibility index (Phi) is 3.30. The lowest BCUT2D eigenvalue weighted by Gasteiger charge is -2.11. The quantitative estimate of drug-likeness (QED) is 0.532. The third-order valence-electron chi connectivity index (χ3n) is 1.97. The molecule has 0 saturated heterocycles. The number of hydrogen-bond donors (Lipinski definition) is 0. The van der Waals surface area contributed by atoms with Gasteiger partial charge in [0.05, 0.1) is 6.42 Å². The lowest BCUT2D eigenvalue weighted by molar-refractivity contribution is 0.0998. The largest absolute Gasteiger partial charge is 0.378 e. The predicted molar refractivity (Wildman–Crippen MR) is 58.5 cm³/mol. The van der Waals surface area contributed by atoms with Gasteiger partial charge >= 0.3 is 0 Å². The molecule has 0 unspecified atom stereocenters. The van der Waals surface area contributed by atoms with Crippen LogP contribution in [0.15, 0.2) is 24.3 Å². The molecule has 0 saturated carbocycles. The summed E-state index contributed by atoms with van der Waals surface area (Å²) in [6.45, 7) is 0. The molecule has 0 aliphatic carbocycles. The Labute approximate surface area is 84.5 Å². The maximum atomic E-state index is 11.4. The Bertz CT molecular complexity index is 357. The lowest BCUT2D eigenvalue weighted by Crippen LogP contribution is -2.08. The molecule has 0 aromatic heterocycles. The summed E-state index contributed by atoms with van der Waals surface area (Å²) in [5.74, 6) is 2.34. The van der Waals surface area contributed by atoms with Crippen LogP contribution in [0.1, 0.15) is 16.8 Å². The Morgan fingerprint density at radius 1 is 1.36 bits per heavy atom. The van der Waals surface area contributed by atoms with E-state index in [1.54, 1.807) is 12.1 Å². The van der Waals surface area contributed by atoms with Crippen LogP contribution in [0.5, 0.6) is 0 Å². The molecule has 0 aliphatic rings. The summed E-state index contributed by atoms with van der Waals surface area (Å²) < 4.78 is 0. The number of rotatable bonds is 3. The summed E-state index contributed by atoms with van der Waals surface area (Å²) in [6, 6.07) is 7.41. The smallest absolute Gasteiger partial charge is 0.174 e. The Morgan fingerprint density at radius 3 is 2.36 bits per heavy atom. The second kappa shape index (κ2) is 4.48. The number of hydrogen-bond acceptors (Lipinski definition) is 2. The zero-order valence-corrected chi connectivity index (χ0v) is 8.45. The fourth-order valence-electron chi connectivity index (χ4n) is 1.14. The minimum absolute atomic E-state index is 0.00203. The molecule has 0 bridgehead atoms. The van der Waals surface area contributed by atoms with E-state index in [4.69, 9.17) is 6.42 Å². The number of Topliss-reactive ketones (excluding diaryl/α,β-unsaturated/α-hetero) is 1. The van der Waals surface area contributed by atoms with E-state index >= 15 is 0 Å². The fraction of sp³-hybridized carbons (Fsp3) is 0.250. The van der Waals surface area contributed by atoms with E-state index in [0.29, 0.717) is 5.56 Å². The minimum atomic E-state index is -0.00203. The monoisotopic (exact) mass is 187 g/mol. The van der Waals surface area contributed by atoms with Crippen molar-refractivity contribution in [3.05, 3.63) is 29.8 Å². The molecule has 0 atom stereocenters. The first kappa shape index (κ1) is 10.3. The number of nitrogens with zero attached hydrogens (tertiary/aromatic N) is 1. The molecule has 72 valence electrons. The van der Waals surface area contributed by atoms with Crippen molar-refractivity contribution < 1.29 is 4.79 Å². The van der Waals surface area contributed by atoms with Gasteiger partial charge in [-0.15, -0.1) is 6.42 Å². The van der Waals surface area contributed by atoms with Gasteiger partial charge in [-0.2, -0.15) is 0 Å². The van der Waals surface area contributed by atoms with Crippen LogP contribution in [-0.2, 0) is 0 Å². The van der Waals surface area contributed by atoms with E-state index in [0.717, 1.165) is 5.69 Å². The van der Waals surface area contributed by atoms with E-state index in [2.05, 4.69) is 5.92 Å². The van der Waals surface area contributed by atoms with Crippen molar-refractivity contribution >= 4 is 11.5 Å². The van der Waals surface area contributed by atoms with Gasteiger partial charge in [0.15, 0.2) is 5.78 Å². The molecule has 0 N–H and O–H groups in total. The maximum Gasteiger partial charge on any atom is 0.174 e. The molecule has 0 aliphatic heterocycles. The molecule has 1 rings (SSSR count). The maximum absolute atomic E-state index is 11.4. The standard InChI is InChI=1S/C12H13NO/c1-4-5-12(14)10-6-8-11(9-7-10)13(2)3/h1,6-9H,5H2,2-3H3. The molecule has 2 heteroatoms. The molecule has 1 aromatic rings. The van der Waals surface area contributed by atoms with Gasteiger partial charge in [0.1, 0.15) is 0 Å². The molecule has 14 heavy (non-hydrogen) atoms. The van der Waals surface area contributed by atoms with Crippen molar-refractivity contribution in [1.29, 1.82) is 0 Å². The Hall–Kier alpha value is -1.75. The molecular weight excluding hydrogens is 174 g/mol. The average molecular weight is 187 g/mol. The van der Waals surface area contributed by atoms with E-state index < -0.39 is 0 Å². The van der Waals surface area contributed by atoms with Gasteiger partial charge < -0.3 is 4.90 Å². The summed E-state index contributed by atoms with van der Waals surface area (Å²) in [5.41, 5.74) is 1.75. The molecule has 0 heterocycles. The van der Waals surface area contributed by atoms with Crippen LogP contribution in [0, 0.1) is 12.3 Å². The normalized spacial score (nSPS) is 9.21. The molecule has 1 aromatic carbocycles. The SMILES string of the molecule is C#CCC(=O)c1ccc(N(C)C)cc1. The van der Waals surface area contributed by atoms with Gasteiger partial charge in [0, 0.05) is 25.3 Å². The number of benzene rings is 1. The third-order valence-corrected chi connectivity index (χ3v) is 1.97. The van der Waals surface area contributed by atoms with Crippen molar-refractivity contribution in [2.24, 2.45) is 0 Å². The summed E-state index contributed by atoms with van der Waals surface area (Å²) in [5, 5.41) is 0. The first-order valence-electron chi connectivity index (χ1n) is 4.39. The number of terminal acetylenes is 1. The van der Waals surface area contributed by atoms with Crippen LogP contribution in [0.2, 0.25) is 0 Å². The van der Waals surface area contributed by atoms with E-state index in [1.165, 1.54) is 0 Å². The average Bonchev–Trinajstić information content (AvgIpc) is 2.18. The van der Waals surface area contributed by atoms with Crippen LogP contribution in [0.4, 0.5) is 5.69 Å². The molecule has 0 fully saturated rings. The van der Waals surface area contributed by atoms with Gasteiger partial charge in [-0.25, -0.2) is 0 Å². The summed E-state index contributed by atoms with van der Waals surface area (Å²) in [7, 11) is 3.91. The van der Waals surface area contributed by atoms with Crippen molar-refractivity contribution in [1.82, 2.24) is 0 Å². The van der Waals surface area contributed by atoms with Gasteiger partial charge in [-0.3, -0.25) is 4.79 Å². The summed E-state index contributed by atoms with van der Waals surface area (Å²) >= 11 is 0. The molecule has 0 amide bonds. The van der Waals surface area contributed by atoms with Crippen LogP contribution < -0.4 is 4.90 Å². The molecule has 2 nitrogen and oxygen atoms in total. The highest BCUT2D eigenvalue weighted by atomic mass is 16.1. The van der Waals surface area contributed by atoms with Crippen LogP contribution in [0.3, 0.4) is 0 Å². The predicted octanol–water partition coefficient (Wildman–Crippen LogP) is 1.96. The zero-order valence-electron chi connectivity index (χ0n) is 8.45. The minimum Gasteiger partial charge on any atom is -0.378 e. The number of anilines is 1. The lowest BCUT2D eigenvalue weighted by atomic mass is 10.1. The van der Waals surface area contributed by atoms with Crippen LogP contribution in [0.25, 0.3) is 0 Å². The highest BCUT2D eigenvalue weighted by Crippen LogP contribution is 2.13. The van der Waals surface area contributed by atoms with E-state index in [1.807, 2.05) is 31.1 Å². The van der Waals surface area contributed by atoms with Gasteiger partial charge in [-0.1, -0.05) is 5.92 Å². The summed E-state index contributed by atoms with van der Waals surface area (Å²) in [4.78, 5) is 13.4. The van der Waals surface area contributed by atoms with Crippen molar-refractivity contribution in [3.8, 4) is 12.3 Å². The van der Waals surface area contributed by atoms with Crippen molar-refractivity contribution in [3.63, 3.8) is 0 Å². The van der Waals surface area contributed by atoms with E-state index in [9.17, 15) is 4.79 Å². The molecular formula is C12H13NO. The molecule has 0 radical (unpaired) electrons. The second-order valence-corrected chi connectivity index (χ2v) is 3.25.